The molecule has 10 nitrogen and oxygen atoms in total. The number of halogens is 2. The number of aromatic nitrogens is 3. The number of Topliss-reactive ketones (excluding diaryl/α,β-unsaturated/α-hetero) is 1. The normalized spacial score (nSPS) is 20.3. The van der Waals surface area contributed by atoms with E-state index in [0.717, 1.165) is 23.4 Å². The van der Waals surface area contributed by atoms with Crippen LogP contribution in [0, 0.1) is 23.5 Å². The smallest absolute Gasteiger partial charge is 0.271 e. The van der Waals surface area contributed by atoms with Gasteiger partial charge in [0, 0.05) is 43.3 Å². The Morgan fingerprint density at radius 1 is 1.04 bits per heavy atom. The molecule has 3 aliphatic rings. The van der Waals surface area contributed by atoms with Crippen molar-refractivity contribution >= 4 is 35.0 Å². The number of carbonyl (C=O) groups is 4. The highest BCUT2D eigenvalue weighted by atomic mass is 19.1. The van der Waals surface area contributed by atoms with Crippen LogP contribution in [0.5, 0.6) is 0 Å². The number of pyridine rings is 2. The molecule has 2 aliphatic carbocycles. The predicted octanol–water partition coefficient (Wildman–Crippen LogP) is 6.35. The van der Waals surface area contributed by atoms with E-state index in [2.05, 4.69) is 15.3 Å². The van der Waals surface area contributed by atoms with Gasteiger partial charge in [0.2, 0.25) is 11.8 Å². The van der Waals surface area contributed by atoms with Gasteiger partial charge < -0.3 is 14.6 Å². The molecule has 7 rings (SSSR count). The zero-order valence-corrected chi connectivity index (χ0v) is 28.9. The molecule has 12 heteroatoms. The fourth-order valence-electron chi connectivity index (χ4n) is 7.21. The van der Waals surface area contributed by atoms with Crippen molar-refractivity contribution in [3.8, 4) is 0 Å². The largest absolute Gasteiger partial charge is 0.348 e. The number of hydrogen-bond donors (Lipinski definition) is 1. The molecule has 3 amide bonds. The molecule has 4 aromatic rings. The molecule has 1 fully saturated rings. The third-order valence-electron chi connectivity index (χ3n) is 9.86. The quantitative estimate of drug-likeness (QED) is 0.169. The zero-order valence-electron chi connectivity index (χ0n) is 28.9. The lowest BCUT2D eigenvalue weighted by atomic mass is 9.85. The van der Waals surface area contributed by atoms with Crippen LogP contribution < -0.4 is 10.2 Å². The van der Waals surface area contributed by atoms with E-state index in [9.17, 15) is 28.0 Å². The maximum atomic E-state index is 14.5. The Hall–Kier alpha value is -5.78. The molecule has 52 heavy (non-hydrogen) atoms. The van der Waals surface area contributed by atoms with Crippen molar-refractivity contribution in [2.45, 2.75) is 58.0 Å². The highest BCUT2D eigenvalue weighted by Crippen LogP contribution is 2.37. The number of fused-ring (bicyclic) bond motifs is 2. The Labute approximate surface area is 299 Å². The van der Waals surface area contributed by atoms with Gasteiger partial charge in [0.1, 0.15) is 28.9 Å². The number of carbonyl (C=O) groups excluding carboxylic acids is 4. The van der Waals surface area contributed by atoms with Crippen molar-refractivity contribution < 1.29 is 28.0 Å². The standard InChI is InChI=1S/C40H38F2N6O4/c1-24-16-27(39(51)46(2)21-26-6-4-3-5-7-26)18-31(17-24)48-37-33(19-29(42)20-43-37)36(49)32(40(48)52)14-10-25-8-12-30(13-9-25)44-38(50)34-23-47-22-28(41)11-15-35(47)45-34/h3-7,10-11,15,17-20,22-24,30,32H,8-9,12-14,16,21H2,1-2H3,(H,44,50). The molecule has 1 aliphatic heterocycles. The molecule has 1 N–H and O–H groups in total. The van der Waals surface area contributed by atoms with E-state index in [1.807, 2.05) is 49.4 Å². The number of allylic oxidation sites excluding steroid dienone is 4. The first kappa shape index (κ1) is 34.7. The molecule has 4 heterocycles. The zero-order chi connectivity index (χ0) is 36.5. The third kappa shape index (κ3) is 7.19. The first-order valence-electron chi connectivity index (χ1n) is 17.4. The van der Waals surface area contributed by atoms with Crippen molar-refractivity contribution in [2.24, 2.45) is 11.8 Å². The van der Waals surface area contributed by atoms with Crippen molar-refractivity contribution in [1.29, 1.82) is 0 Å². The fraction of sp³-hybridized carbons (Fsp3) is 0.300. The van der Waals surface area contributed by atoms with Crippen LogP contribution in [-0.2, 0) is 16.1 Å². The summed E-state index contributed by atoms with van der Waals surface area (Å²) in [6.45, 7) is 2.37. The average Bonchev–Trinajstić information content (AvgIpc) is 3.56. The van der Waals surface area contributed by atoms with Crippen molar-refractivity contribution in [2.75, 3.05) is 11.9 Å². The third-order valence-corrected chi connectivity index (χ3v) is 9.86. The number of nitrogens with one attached hydrogen (secondary N) is 1. The summed E-state index contributed by atoms with van der Waals surface area (Å²) in [5.41, 5.74) is 3.69. The van der Waals surface area contributed by atoms with Gasteiger partial charge in [0.15, 0.2) is 11.6 Å². The number of hydrogen-bond acceptors (Lipinski definition) is 6. The summed E-state index contributed by atoms with van der Waals surface area (Å²) in [5, 5.41) is 3.01. The highest BCUT2D eigenvalue weighted by molar-refractivity contribution is 6.22. The molecular formula is C40H38F2N6O4. The van der Waals surface area contributed by atoms with E-state index in [1.54, 1.807) is 18.0 Å². The van der Waals surface area contributed by atoms with Crippen LogP contribution in [0.15, 0.2) is 102 Å². The van der Waals surface area contributed by atoms with Crippen LogP contribution in [0.3, 0.4) is 0 Å². The Morgan fingerprint density at radius 2 is 1.81 bits per heavy atom. The summed E-state index contributed by atoms with van der Waals surface area (Å²) in [5.74, 6) is -3.75. The predicted molar refractivity (Wildman–Crippen MR) is 190 cm³/mol. The number of amides is 3. The second-order valence-corrected chi connectivity index (χ2v) is 13.8. The number of anilines is 1. The number of rotatable bonds is 8. The van der Waals surface area contributed by atoms with Crippen LogP contribution in [0.2, 0.25) is 0 Å². The minimum Gasteiger partial charge on any atom is -0.348 e. The molecule has 2 atom stereocenters. The van der Waals surface area contributed by atoms with Crippen LogP contribution in [-0.4, -0.2) is 55.9 Å². The molecule has 1 saturated carbocycles. The number of ketones is 1. The van der Waals surface area contributed by atoms with Gasteiger partial charge in [-0.25, -0.2) is 18.7 Å². The summed E-state index contributed by atoms with van der Waals surface area (Å²) in [6.07, 6.45) is 12.4. The summed E-state index contributed by atoms with van der Waals surface area (Å²) < 4.78 is 29.5. The second-order valence-electron chi connectivity index (χ2n) is 13.8. The summed E-state index contributed by atoms with van der Waals surface area (Å²) in [4.78, 5) is 65.9. The van der Waals surface area contributed by atoms with E-state index in [1.165, 1.54) is 33.8 Å². The monoisotopic (exact) mass is 704 g/mol. The van der Waals surface area contributed by atoms with Crippen LogP contribution in [0.25, 0.3) is 5.65 Å². The van der Waals surface area contributed by atoms with Crippen molar-refractivity contribution in [1.82, 2.24) is 24.6 Å². The fourth-order valence-corrected chi connectivity index (χ4v) is 7.21. The van der Waals surface area contributed by atoms with Crippen LogP contribution in [0.1, 0.15) is 71.9 Å². The molecule has 0 bridgehead atoms. The molecule has 266 valence electrons. The van der Waals surface area contributed by atoms with Gasteiger partial charge in [0.05, 0.1) is 11.8 Å². The highest BCUT2D eigenvalue weighted by Gasteiger charge is 2.42. The Morgan fingerprint density at radius 3 is 2.58 bits per heavy atom. The Balaban J connectivity index is 1.05. The maximum absolute atomic E-state index is 14.5. The van der Waals surface area contributed by atoms with Gasteiger partial charge >= 0.3 is 0 Å². The van der Waals surface area contributed by atoms with Crippen molar-refractivity contribution in [3.05, 3.63) is 131 Å². The first-order valence-corrected chi connectivity index (χ1v) is 17.4. The minimum absolute atomic E-state index is 0.0192. The van der Waals surface area contributed by atoms with E-state index < -0.39 is 29.2 Å². The van der Waals surface area contributed by atoms with E-state index >= 15 is 0 Å². The molecule has 1 aromatic carbocycles. The summed E-state index contributed by atoms with van der Waals surface area (Å²) in [6, 6.07) is 13.5. The molecule has 0 saturated heterocycles. The first-order chi connectivity index (χ1) is 25.0. The van der Waals surface area contributed by atoms with E-state index in [4.69, 9.17) is 0 Å². The number of imidazole rings is 1. The lowest BCUT2D eigenvalue weighted by Gasteiger charge is -2.35. The molecule has 0 spiro atoms. The molecule has 2 unspecified atom stereocenters. The lowest BCUT2D eigenvalue weighted by molar-refractivity contribution is -0.126. The topological polar surface area (TPSA) is 117 Å². The second kappa shape index (κ2) is 14.5. The number of nitrogens with zero attached hydrogens (tertiary/aromatic N) is 5. The van der Waals surface area contributed by atoms with Gasteiger partial charge in [-0.05, 0) is 74.3 Å². The molecule has 0 radical (unpaired) electrons. The van der Waals surface area contributed by atoms with Gasteiger partial charge in [-0.3, -0.25) is 24.1 Å². The van der Waals surface area contributed by atoms with Gasteiger partial charge in [-0.1, -0.05) is 55.0 Å². The summed E-state index contributed by atoms with van der Waals surface area (Å²) in [7, 11) is 1.73. The van der Waals surface area contributed by atoms with Crippen LogP contribution >= 0.6 is 0 Å². The molecular weight excluding hydrogens is 666 g/mol. The van der Waals surface area contributed by atoms with Crippen molar-refractivity contribution in [3.63, 3.8) is 0 Å². The lowest BCUT2D eigenvalue weighted by Crippen LogP contribution is -2.45. The Kier molecular flexibility index (Phi) is 9.63. The van der Waals surface area contributed by atoms with E-state index in [-0.39, 0.29) is 47.3 Å². The number of benzene rings is 1. The van der Waals surface area contributed by atoms with Gasteiger partial charge in [-0.2, -0.15) is 0 Å². The van der Waals surface area contributed by atoms with Gasteiger partial charge in [-0.15, -0.1) is 0 Å². The van der Waals surface area contributed by atoms with Crippen LogP contribution in [0.4, 0.5) is 14.6 Å². The Bertz CT molecular complexity index is 2160. The maximum Gasteiger partial charge on any atom is 0.271 e. The minimum atomic E-state index is -1.10. The number of likely N-dealkylation sites (N-methyl/N-ethyl adjacent to an activating group) is 1. The van der Waals surface area contributed by atoms with E-state index in [0.29, 0.717) is 55.6 Å². The summed E-state index contributed by atoms with van der Waals surface area (Å²) >= 11 is 0. The SMILES string of the molecule is CC1C=C(N2C(=O)C(CC=C3CCC(NC(=O)c4cn5cc(F)ccc5n4)CC3)C(=O)c3cc(F)cnc32)C=C(C(=O)N(C)Cc2ccccc2)C1. The average molecular weight is 705 g/mol. The molecule has 3 aromatic heterocycles. The van der Waals surface area contributed by atoms with Gasteiger partial charge in [0.25, 0.3) is 5.91 Å².